The van der Waals surface area contributed by atoms with Crippen molar-refractivity contribution in [1.82, 2.24) is 10.2 Å². The van der Waals surface area contributed by atoms with Crippen LogP contribution in [0, 0.1) is 6.92 Å². The summed E-state index contributed by atoms with van der Waals surface area (Å²) in [6.45, 7) is 3.99. The summed E-state index contributed by atoms with van der Waals surface area (Å²) in [6.07, 6.45) is 0. The summed E-state index contributed by atoms with van der Waals surface area (Å²) in [6, 6.07) is 13.8. The largest absolute Gasteiger partial charge is 0.497 e. The highest BCUT2D eigenvalue weighted by molar-refractivity contribution is 5.95. The van der Waals surface area contributed by atoms with Gasteiger partial charge in [-0.2, -0.15) is 0 Å². The highest BCUT2D eigenvalue weighted by Crippen LogP contribution is 2.31. The maximum Gasteiger partial charge on any atom is 0.338 e. The zero-order valence-corrected chi connectivity index (χ0v) is 17.6. The van der Waals surface area contributed by atoms with Gasteiger partial charge >= 0.3 is 12.0 Å². The quantitative estimate of drug-likeness (QED) is 0.706. The van der Waals surface area contributed by atoms with Crippen LogP contribution in [0.4, 0.5) is 4.79 Å². The number of rotatable bonds is 7. The van der Waals surface area contributed by atoms with E-state index in [4.69, 9.17) is 14.2 Å². The van der Waals surface area contributed by atoms with Gasteiger partial charge in [-0.3, -0.25) is 4.90 Å². The van der Waals surface area contributed by atoms with Crippen molar-refractivity contribution in [1.29, 1.82) is 0 Å². The topological polar surface area (TPSA) is 77.1 Å². The van der Waals surface area contributed by atoms with E-state index in [-0.39, 0.29) is 19.2 Å². The molecule has 30 heavy (non-hydrogen) atoms. The minimum atomic E-state index is -0.622. The number of carbonyl (C=O) groups excluding carboxylic acids is 2. The second kappa shape index (κ2) is 9.35. The first-order valence-corrected chi connectivity index (χ1v) is 9.72. The van der Waals surface area contributed by atoms with E-state index in [2.05, 4.69) is 5.32 Å². The molecule has 1 aliphatic rings. The first-order chi connectivity index (χ1) is 14.4. The number of hydrogen-bond acceptors (Lipinski definition) is 5. The van der Waals surface area contributed by atoms with Crippen LogP contribution >= 0.6 is 0 Å². The number of carbonyl (C=O) groups is 2. The summed E-state index contributed by atoms with van der Waals surface area (Å²) in [5.41, 5.74) is 2.70. The van der Waals surface area contributed by atoms with Crippen LogP contribution in [0.2, 0.25) is 0 Å². The summed E-state index contributed by atoms with van der Waals surface area (Å²) in [5, 5.41) is 2.89. The van der Waals surface area contributed by atoms with E-state index in [0.29, 0.717) is 22.8 Å². The molecule has 1 heterocycles. The lowest BCUT2D eigenvalue weighted by Crippen LogP contribution is -2.48. The van der Waals surface area contributed by atoms with Crippen LogP contribution in [0.3, 0.4) is 0 Å². The molecule has 7 heteroatoms. The lowest BCUT2D eigenvalue weighted by atomic mass is 9.94. The number of amides is 2. The van der Waals surface area contributed by atoms with Gasteiger partial charge in [-0.05, 0) is 43.7 Å². The molecule has 0 saturated carbocycles. The van der Waals surface area contributed by atoms with Crippen molar-refractivity contribution in [3.8, 4) is 11.5 Å². The van der Waals surface area contributed by atoms with Gasteiger partial charge in [-0.25, -0.2) is 9.59 Å². The first kappa shape index (κ1) is 21.2. The van der Waals surface area contributed by atoms with Crippen LogP contribution in [-0.2, 0) is 9.53 Å². The van der Waals surface area contributed by atoms with Crippen molar-refractivity contribution >= 4 is 12.0 Å². The Bertz CT molecular complexity index is 935. The Morgan fingerprint density at radius 3 is 2.30 bits per heavy atom. The molecule has 0 aliphatic carbocycles. The van der Waals surface area contributed by atoms with E-state index >= 15 is 0 Å². The van der Waals surface area contributed by atoms with Gasteiger partial charge in [0.2, 0.25) is 0 Å². The summed E-state index contributed by atoms with van der Waals surface area (Å²) < 4.78 is 16.3. The standard InChI is InChI=1S/C23H26N2O5/c1-5-29-22(26)20-19(14-30-18-12-10-17(28-4)11-13-18)25(3)23(27)24-21(20)16-8-6-15(2)7-9-16/h6-13,21H,5,14H2,1-4H3,(H,24,27)/t21-/m1/s1. The number of nitrogens with zero attached hydrogens (tertiary/aromatic N) is 1. The minimum absolute atomic E-state index is 0.0345. The number of esters is 1. The number of ether oxygens (including phenoxy) is 3. The summed E-state index contributed by atoms with van der Waals surface area (Å²) in [4.78, 5) is 26.9. The Morgan fingerprint density at radius 1 is 1.07 bits per heavy atom. The van der Waals surface area contributed by atoms with Gasteiger partial charge in [-0.15, -0.1) is 0 Å². The van der Waals surface area contributed by atoms with Crippen LogP contribution in [0.5, 0.6) is 11.5 Å². The third kappa shape index (κ3) is 4.56. The van der Waals surface area contributed by atoms with Crippen molar-refractivity contribution in [3.05, 3.63) is 70.9 Å². The number of urea groups is 1. The zero-order valence-electron chi connectivity index (χ0n) is 17.6. The molecule has 0 fully saturated rings. The third-order valence-corrected chi connectivity index (χ3v) is 4.92. The normalized spacial score (nSPS) is 16.2. The summed E-state index contributed by atoms with van der Waals surface area (Å²) >= 11 is 0. The van der Waals surface area contributed by atoms with E-state index < -0.39 is 12.0 Å². The fraction of sp³-hybridized carbons (Fsp3) is 0.304. The minimum Gasteiger partial charge on any atom is -0.497 e. The van der Waals surface area contributed by atoms with Gasteiger partial charge < -0.3 is 19.5 Å². The average Bonchev–Trinajstić information content (AvgIpc) is 2.75. The van der Waals surface area contributed by atoms with E-state index in [1.165, 1.54) is 4.90 Å². The van der Waals surface area contributed by atoms with Crippen LogP contribution in [-0.4, -0.2) is 44.3 Å². The molecule has 2 amide bonds. The lowest BCUT2D eigenvalue weighted by Gasteiger charge is -2.34. The molecule has 2 aromatic carbocycles. The van der Waals surface area contributed by atoms with Crippen molar-refractivity contribution in [2.24, 2.45) is 0 Å². The Kier molecular flexibility index (Phi) is 6.61. The van der Waals surface area contributed by atoms with Gasteiger partial charge in [0.05, 0.1) is 31.0 Å². The van der Waals surface area contributed by atoms with E-state index in [1.807, 2.05) is 31.2 Å². The predicted molar refractivity (Wildman–Crippen MR) is 112 cm³/mol. The number of benzene rings is 2. The highest BCUT2D eigenvalue weighted by Gasteiger charge is 2.37. The first-order valence-electron chi connectivity index (χ1n) is 9.72. The number of methoxy groups -OCH3 is 1. The number of hydrogen-bond donors (Lipinski definition) is 1. The molecule has 0 unspecified atom stereocenters. The van der Waals surface area contributed by atoms with Crippen LogP contribution < -0.4 is 14.8 Å². The number of likely N-dealkylation sites (N-methyl/N-ethyl adjacent to an activating group) is 1. The van der Waals surface area contributed by atoms with Crippen molar-refractivity contribution in [2.75, 3.05) is 27.4 Å². The molecular weight excluding hydrogens is 384 g/mol. The van der Waals surface area contributed by atoms with E-state index in [9.17, 15) is 9.59 Å². The zero-order chi connectivity index (χ0) is 21.7. The Morgan fingerprint density at radius 2 is 1.70 bits per heavy atom. The van der Waals surface area contributed by atoms with Gasteiger partial charge in [-0.1, -0.05) is 29.8 Å². The molecule has 3 rings (SSSR count). The molecule has 1 aliphatic heterocycles. The second-order valence-electron chi connectivity index (χ2n) is 6.90. The second-order valence-corrected chi connectivity index (χ2v) is 6.90. The molecule has 158 valence electrons. The van der Waals surface area contributed by atoms with Gasteiger partial charge in [0.25, 0.3) is 0 Å². The lowest BCUT2D eigenvalue weighted by molar-refractivity contribution is -0.139. The van der Waals surface area contributed by atoms with Crippen molar-refractivity contribution in [3.63, 3.8) is 0 Å². The van der Waals surface area contributed by atoms with Gasteiger partial charge in [0, 0.05) is 7.05 Å². The van der Waals surface area contributed by atoms with Gasteiger partial charge in [0.1, 0.15) is 18.1 Å². The molecule has 0 saturated heterocycles. The van der Waals surface area contributed by atoms with E-state index in [0.717, 1.165) is 11.1 Å². The molecule has 2 aromatic rings. The molecule has 1 atom stereocenters. The Balaban J connectivity index is 1.98. The van der Waals surface area contributed by atoms with Crippen LogP contribution in [0.1, 0.15) is 24.1 Å². The van der Waals surface area contributed by atoms with Crippen LogP contribution in [0.15, 0.2) is 59.8 Å². The average molecular weight is 410 g/mol. The smallest absolute Gasteiger partial charge is 0.338 e. The monoisotopic (exact) mass is 410 g/mol. The van der Waals surface area contributed by atoms with Crippen molar-refractivity contribution < 1.29 is 23.8 Å². The molecule has 0 spiro atoms. The molecule has 7 nitrogen and oxygen atoms in total. The maximum absolute atomic E-state index is 12.9. The fourth-order valence-electron chi connectivity index (χ4n) is 3.21. The summed E-state index contributed by atoms with van der Waals surface area (Å²) in [5.74, 6) is 0.823. The van der Waals surface area contributed by atoms with E-state index in [1.54, 1.807) is 45.3 Å². The number of aryl methyl sites for hydroxylation is 1. The third-order valence-electron chi connectivity index (χ3n) is 4.92. The summed E-state index contributed by atoms with van der Waals surface area (Å²) in [7, 11) is 3.19. The number of nitrogens with one attached hydrogen (secondary N) is 1. The highest BCUT2D eigenvalue weighted by atomic mass is 16.5. The molecule has 0 bridgehead atoms. The molecular formula is C23H26N2O5. The van der Waals surface area contributed by atoms with Gasteiger partial charge in [0.15, 0.2) is 0 Å². The Labute approximate surface area is 176 Å². The maximum atomic E-state index is 12.9. The molecule has 0 aromatic heterocycles. The molecule has 1 N–H and O–H groups in total. The Hall–Kier alpha value is -3.48. The van der Waals surface area contributed by atoms with Crippen molar-refractivity contribution in [2.45, 2.75) is 19.9 Å². The predicted octanol–water partition coefficient (Wildman–Crippen LogP) is 3.60. The van der Waals surface area contributed by atoms with Crippen LogP contribution in [0.25, 0.3) is 0 Å². The fourth-order valence-corrected chi connectivity index (χ4v) is 3.21. The SMILES string of the molecule is CCOC(=O)C1=C(COc2ccc(OC)cc2)N(C)C(=O)N[C@@H]1c1ccc(C)cc1. The molecule has 0 radical (unpaired) electrons.